The summed E-state index contributed by atoms with van der Waals surface area (Å²) in [6.45, 7) is 8.25. The minimum Gasteiger partial charge on any atom is -0.351 e. The first-order chi connectivity index (χ1) is 16.3. The number of benzene rings is 2. The Morgan fingerprint density at radius 3 is 2.29 bits per heavy atom. The predicted molar refractivity (Wildman–Crippen MR) is 139 cm³/mol. The molecule has 0 saturated carbocycles. The van der Waals surface area contributed by atoms with Crippen molar-refractivity contribution < 1.29 is 4.39 Å². The Labute approximate surface area is 205 Å². The van der Waals surface area contributed by atoms with Gasteiger partial charge in [0, 0.05) is 23.3 Å². The third kappa shape index (κ3) is 3.78. The number of thiocarbonyl (C=S) groups is 1. The molecule has 3 heterocycles. The number of aromatic nitrogens is 2. The standard InChI is InChI=1S/C28H27FN4S/c1-17-13-18(2)15-21(14-17)33-27(26(31-28(33)34)24-10-7-8-12-30-24)22-16-19(3)32(20(22)4)25-11-6-5-9-23(25)29/h5-16,26-27H,1-4H3,(H,31,34)/t26-,27-/m1/s1. The van der Waals surface area contributed by atoms with Crippen LogP contribution < -0.4 is 10.2 Å². The van der Waals surface area contributed by atoms with Crippen molar-refractivity contribution in [2.45, 2.75) is 39.8 Å². The maximum absolute atomic E-state index is 14.8. The molecule has 0 bridgehead atoms. The lowest BCUT2D eigenvalue weighted by atomic mass is 9.96. The van der Waals surface area contributed by atoms with Gasteiger partial charge in [-0.25, -0.2) is 4.39 Å². The smallest absolute Gasteiger partial charge is 0.174 e. The number of hydrogen-bond donors (Lipinski definition) is 1. The van der Waals surface area contributed by atoms with Gasteiger partial charge in [0.1, 0.15) is 5.82 Å². The van der Waals surface area contributed by atoms with Crippen molar-refractivity contribution in [1.82, 2.24) is 14.9 Å². The van der Waals surface area contributed by atoms with E-state index in [0.29, 0.717) is 10.8 Å². The van der Waals surface area contributed by atoms with E-state index < -0.39 is 0 Å². The van der Waals surface area contributed by atoms with Crippen molar-refractivity contribution in [3.8, 4) is 5.69 Å². The highest BCUT2D eigenvalue weighted by molar-refractivity contribution is 7.80. The molecule has 1 saturated heterocycles. The van der Waals surface area contributed by atoms with Gasteiger partial charge in [0.2, 0.25) is 0 Å². The van der Waals surface area contributed by atoms with E-state index >= 15 is 0 Å². The fourth-order valence-corrected chi connectivity index (χ4v) is 5.48. The van der Waals surface area contributed by atoms with E-state index in [1.54, 1.807) is 12.3 Å². The normalized spacial score (nSPS) is 17.8. The molecule has 5 rings (SSSR count). The molecule has 6 heteroatoms. The molecule has 172 valence electrons. The van der Waals surface area contributed by atoms with Gasteiger partial charge in [0.05, 0.1) is 23.5 Å². The average molecular weight is 471 g/mol. The highest BCUT2D eigenvalue weighted by Gasteiger charge is 2.42. The third-order valence-corrected chi connectivity index (χ3v) is 6.78. The van der Waals surface area contributed by atoms with Crippen LogP contribution in [0.2, 0.25) is 0 Å². The van der Waals surface area contributed by atoms with Gasteiger partial charge in [0.15, 0.2) is 5.11 Å². The van der Waals surface area contributed by atoms with E-state index in [4.69, 9.17) is 12.2 Å². The number of nitrogens with one attached hydrogen (secondary N) is 1. The number of anilines is 1. The van der Waals surface area contributed by atoms with Crippen LogP contribution in [0.15, 0.2) is 72.9 Å². The number of nitrogens with zero attached hydrogens (tertiary/aromatic N) is 3. The number of pyridine rings is 1. The van der Waals surface area contributed by atoms with Crippen LogP contribution in [0.3, 0.4) is 0 Å². The number of rotatable bonds is 4. The molecule has 34 heavy (non-hydrogen) atoms. The Balaban J connectivity index is 1.71. The van der Waals surface area contributed by atoms with E-state index in [9.17, 15) is 4.39 Å². The van der Waals surface area contributed by atoms with Crippen LogP contribution in [0, 0.1) is 33.5 Å². The van der Waals surface area contributed by atoms with E-state index in [-0.39, 0.29) is 17.9 Å². The van der Waals surface area contributed by atoms with Gasteiger partial charge in [-0.05, 0) is 99.1 Å². The molecule has 4 nitrogen and oxygen atoms in total. The fraction of sp³-hybridized carbons (Fsp3) is 0.214. The number of aryl methyl sites for hydroxylation is 3. The molecule has 0 amide bonds. The van der Waals surface area contributed by atoms with E-state index in [2.05, 4.69) is 53.3 Å². The lowest BCUT2D eigenvalue weighted by Crippen LogP contribution is -2.29. The predicted octanol–water partition coefficient (Wildman–Crippen LogP) is 6.42. The van der Waals surface area contributed by atoms with Crippen molar-refractivity contribution in [3.05, 3.63) is 113 Å². The summed E-state index contributed by atoms with van der Waals surface area (Å²) in [5.74, 6) is -0.247. The third-order valence-electron chi connectivity index (χ3n) is 6.46. The molecular formula is C28H27FN4S. The second kappa shape index (κ2) is 8.69. The van der Waals surface area contributed by atoms with Crippen LogP contribution in [-0.4, -0.2) is 14.7 Å². The van der Waals surface area contributed by atoms with E-state index in [1.165, 1.54) is 17.2 Å². The highest BCUT2D eigenvalue weighted by Crippen LogP contribution is 2.44. The van der Waals surface area contributed by atoms with Crippen LogP contribution in [-0.2, 0) is 0 Å². The summed E-state index contributed by atoms with van der Waals surface area (Å²) < 4.78 is 16.8. The topological polar surface area (TPSA) is 33.1 Å². The zero-order valence-corrected chi connectivity index (χ0v) is 20.5. The van der Waals surface area contributed by atoms with Gasteiger partial charge in [-0.3, -0.25) is 4.98 Å². The SMILES string of the molecule is Cc1cc(C)cc(N2C(=S)N[C@H](c3ccccn3)[C@H]2c2cc(C)n(-c3ccccc3F)c2C)c1. The minimum atomic E-state index is -0.247. The van der Waals surface area contributed by atoms with Crippen molar-refractivity contribution >= 4 is 23.0 Å². The molecule has 1 fully saturated rings. The lowest BCUT2D eigenvalue weighted by Gasteiger charge is -2.29. The van der Waals surface area contributed by atoms with E-state index in [0.717, 1.165) is 28.3 Å². The quantitative estimate of drug-likeness (QED) is 0.349. The molecular weight excluding hydrogens is 443 g/mol. The Bertz CT molecular complexity index is 1360. The molecule has 1 aliphatic rings. The first kappa shape index (κ1) is 22.3. The highest BCUT2D eigenvalue weighted by atomic mass is 32.1. The Morgan fingerprint density at radius 2 is 1.62 bits per heavy atom. The maximum Gasteiger partial charge on any atom is 0.174 e. The minimum absolute atomic E-state index is 0.143. The molecule has 1 aliphatic heterocycles. The van der Waals surface area contributed by atoms with Crippen LogP contribution in [0.5, 0.6) is 0 Å². The summed E-state index contributed by atoms with van der Waals surface area (Å²) in [5.41, 5.74) is 7.88. The molecule has 2 aromatic heterocycles. The van der Waals surface area contributed by atoms with Crippen molar-refractivity contribution in [2.24, 2.45) is 0 Å². The van der Waals surface area contributed by atoms with Crippen molar-refractivity contribution in [1.29, 1.82) is 0 Å². The van der Waals surface area contributed by atoms with Gasteiger partial charge in [0.25, 0.3) is 0 Å². The van der Waals surface area contributed by atoms with Crippen LogP contribution in [0.4, 0.5) is 10.1 Å². The van der Waals surface area contributed by atoms with Crippen molar-refractivity contribution in [2.75, 3.05) is 4.90 Å². The number of halogens is 1. The molecule has 2 atom stereocenters. The summed E-state index contributed by atoms with van der Waals surface area (Å²) in [6.07, 6.45) is 1.80. The Kier molecular flexibility index (Phi) is 5.70. The summed E-state index contributed by atoms with van der Waals surface area (Å²) in [6, 6.07) is 21.1. The second-order valence-corrected chi connectivity index (χ2v) is 9.34. The second-order valence-electron chi connectivity index (χ2n) is 8.96. The summed E-state index contributed by atoms with van der Waals surface area (Å²) >= 11 is 5.88. The van der Waals surface area contributed by atoms with Gasteiger partial charge in [-0.1, -0.05) is 24.3 Å². The molecule has 1 N–H and O–H groups in total. The zero-order chi connectivity index (χ0) is 24.0. The van der Waals surface area contributed by atoms with Crippen LogP contribution >= 0.6 is 12.2 Å². The Morgan fingerprint density at radius 1 is 0.912 bits per heavy atom. The van der Waals surface area contributed by atoms with E-state index in [1.807, 2.05) is 48.7 Å². The van der Waals surface area contributed by atoms with Gasteiger partial charge < -0.3 is 14.8 Å². The average Bonchev–Trinajstić information content (AvgIpc) is 3.29. The molecule has 0 aliphatic carbocycles. The van der Waals surface area contributed by atoms with Gasteiger partial charge >= 0.3 is 0 Å². The molecule has 0 unspecified atom stereocenters. The molecule has 2 aromatic carbocycles. The lowest BCUT2D eigenvalue weighted by molar-refractivity contribution is 0.564. The fourth-order valence-electron chi connectivity index (χ4n) is 5.13. The van der Waals surface area contributed by atoms with Gasteiger partial charge in [-0.15, -0.1) is 0 Å². The first-order valence-corrected chi connectivity index (χ1v) is 11.8. The number of para-hydroxylation sites is 1. The monoisotopic (exact) mass is 470 g/mol. The summed E-state index contributed by atoms with van der Waals surface area (Å²) in [4.78, 5) is 6.83. The first-order valence-electron chi connectivity index (χ1n) is 11.4. The van der Waals surface area contributed by atoms with Crippen LogP contribution in [0.25, 0.3) is 5.69 Å². The molecule has 0 spiro atoms. The van der Waals surface area contributed by atoms with Crippen LogP contribution in [0.1, 0.15) is 45.9 Å². The molecule has 0 radical (unpaired) electrons. The maximum atomic E-state index is 14.8. The summed E-state index contributed by atoms with van der Waals surface area (Å²) in [5, 5.41) is 4.18. The zero-order valence-electron chi connectivity index (χ0n) is 19.7. The number of hydrogen-bond acceptors (Lipinski definition) is 2. The van der Waals surface area contributed by atoms with Crippen molar-refractivity contribution in [3.63, 3.8) is 0 Å². The van der Waals surface area contributed by atoms with Gasteiger partial charge in [-0.2, -0.15) is 0 Å². The Hall–Kier alpha value is -3.51. The largest absolute Gasteiger partial charge is 0.351 e. The molecule has 4 aromatic rings. The summed E-state index contributed by atoms with van der Waals surface area (Å²) in [7, 11) is 0.